The molecule has 0 fully saturated rings. The summed E-state index contributed by atoms with van der Waals surface area (Å²) in [6, 6.07) is -0.816. The number of aliphatic hydroxyl groups excluding tert-OH is 3. The van der Waals surface area contributed by atoms with Gasteiger partial charge < -0.3 is 20.6 Å². The van der Waals surface area contributed by atoms with Crippen LogP contribution in [0.15, 0.2) is 36.5 Å². The zero-order valence-corrected chi connectivity index (χ0v) is 29.7. The molecule has 0 saturated heterocycles. The van der Waals surface area contributed by atoms with E-state index < -0.39 is 24.2 Å². The number of unbranched alkanes of at least 4 members (excludes halogenated alkanes) is 22. The van der Waals surface area contributed by atoms with Crippen molar-refractivity contribution < 1.29 is 20.1 Å². The Morgan fingerprint density at radius 1 is 0.533 bits per heavy atom. The summed E-state index contributed by atoms with van der Waals surface area (Å²) in [5.74, 6) is -0.521. The molecule has 0 aromatic rings. The topological polar surface area (TPSA) is 89.8 Å². The number of allylic oxidation sites excluding steroid dienone is 5. The van der Waals surface area contributed by atoms with Crippen LogP contribution in [-0.2, 0) is 4.79 Å². The van der Waals surface area contributed by atoms with Crippen LogP contribution >= 0.6 is 0 Å². The minimum Gasteiger partial charge on any atom is -0.394 e. The SMILES string of the molecule is CCCCCCCCCCCCCC/C=C/CC/C=C/CC/C=C/C(O)C(CO)NC(=O)C(O)CCCCCCCCCCC. The summed E-state index contributed by atoms with van der Waals surface area (Å²) < 4.78 is 0. The number of rotatable bonds is 34. The normalized spacial score (nSPS) is 14.2. The molecule has 0 rings (SSSR count). The van der Waals surface area contributed by atoms with Crippen molar-refractivity contribution in [1.82, 2.24) is 5.32 Å². The number of nitrogens with one attached hydrogen (secondary N) is 1. The van der Waals surface area contributed by atoms with Gasteiger partial charge in [-0.15, -0.1) is 0 Å². The average Bonchev–Trinajstić information content (AvgIpc) is 3.04. The predicted molar refractivity (Wildman–Crippen MR) is 194 cm³/mol. The molecule has 0 aromatic carbocycles. The second-order valence-corrected chi connectivity index (χ2v) is 13.1. The van der Waals surface area contributed by atoms with E-state index in [9.17, 15) is 20.1 Å². The highest BCUT2D eigenvalue weighted by molar-refractivity contribution is 5.80. The lowest BCUT2D eigenvalue weighted by atomic mass is 10.0. The highest BCUT2D eigenvalue weighted by Crippen LogP contribution is 2.14. The molecule has 5 nitrogen and oxygen atoms in total. The Hall–Kier alpha value is -1.43. The third kappa shape index (κ3) is 31.0. The molecule has 0 heterocycles. The van der Waals surface area contributed by atoms with Crippen LogP contribution in [-0.4, -0.2) is 46.1 Å². The van der Waals surface area contributed by atoms with Crippen molar-refractivity contribution in [3.05, 3.63) is 36.5 Å². The molecule has 0 saturated carbocycles. The van der Waals surface area contributed by atoms with E-state index in [4.69, 9.17) is 0 Å². The first-order valence-electron chi connectivity index (χ1n) is 19.3. The summed E-state index contributed by atoms with van der Waals surface area (Å²) in [5, 5.41) is 32.8. The van der Waals surface area contributed by atoms with Crippen LogP contribution < -0.4 is 5.32 Å². The minimum atomic E-state index is -1.10. The maximum atomic E-state index is 12.3. The Bertz CT molecular complexity index is 704. The van der Waals surface area contributed by atoms with Crippen molar-refractivity contribution in [3.63, 3.8) is 0 Å². The van der Waals surface area contributed by atoms with E-state index in [0.29, 0.717) is 6.42 Å². The van der Waals surface area contributed by atoms with Crippen molar-refractivity contribution in [2.75, 3.05) is 6.61 Å². The summed E-state index contributed by atoms with van der Waals surface area (Å²) in [6.45, 7) is 4.12. The van der Waals surface area contributed by atoms with Crippen LogP contribution in [0.2, 0.25) is 0 Å². The molecule has 264 valence electrons. The molecule has 4 N–H and O–H groups in total. The zero-order valence-electron chi connectivity index (χ0n) is 29.7. The molecule has 0 aromatic heterocycles. The summed E-state index contributed by atoms with van der Waals surface area (Å²) in [5.41, 5.74) is 0. The van der Waals surface area contributed by atoms with Crippen molar-refractivity contribution in [2.45, 2.75) is 205 Å². The standard InChI is InChI=1S/C40H75NO4/c1-3-5-7-9-11-13-14-15-16-17-18-19-20-21-22-23-24-25-27-28-30-32-34-38(43)37(36-42)41-40(45)39(44)35-33-31-29-26-12-10-8-6-4-2/h21-22,25,27,32,34,37-39,42-44H,3-20,23-24,26,28-31,33,35-36H2,1-2H3,(H,41,45)/b22-21+,27-25+,34-32+. The number of aliphatic hydroxyl groups is 3. The van der Waals surface area contributed by atoms with Gasteiger partial charge in [-0.25, -0.2) is 0 Å². The first-order chi connectivity index (χ1) is 22.1. The van der Waals surface area contributed by atoms with E-state index in [1.165, 1.54) is 122 Å². The van der Waals surface area contributed by atoms with Gasteiger partial charge in [0.05, 0.1) is 18.8 Å². The second-order valence-electron chi connectivity index (χ2n) is 13.1. The number of amides is 1. The Kier molecular flexibility index (Phi) is 34.3. The first-order valence-corrected chi connectivity index (χ1v) is 19.3. The van der Waals surface area contributed by atoms with Crippen LogP contribution in [0.25, 0.3) is 0 Å². The van der Waals surface area contributed by atoms with Crippen molar-refractivity contribution in [2.24, 2.45) is 0 Å². The van der Waals surface area contributed by atoms with Crippen LogP contribution in [0.3, 0.4) is 0 Å². The van der Waals surface area contributed by atoms with Gasteiger partial charge in [-0.3, -0.25) is 4.79 Å². The van der Waals surface area contributed by atoms with Crippen LogP contribution in [0.1, 0.15) is 187 Å². The van der Waals surface area contributed by atoms with E-state index >= 15 is 0 Å². The summed E-state index contributed by atoms with van der Waals surface area (Å²) in [4.78, 5) is 12.3. The van der Waals surface area contributed by atoms with E-state index in [1.54, 1.807) is 6.08 Å². The molecule has 0 bridgehead atoms. The molecule has 1 amide bonds. The average molecular weight is 634 g/mol. The zero-order chi connectivity index (χ0) is 33.1. The molecule has 0 aliphatic carbocycles. The van der Waals surface area contributed by atoms with E-state index in [-0.39, 0.29) is 6.61 Å². The molecular weight excluding hydrogens is 558 g/mol. The van der Waals surface area contributed by atoms with Gasteiger partial charge in [0.25, 0.3) is 0 Å². The van der Waals surface area contributed by atoms with E-state index in [2.05, 4.69) is 43.5 Å². The lowest BCUT2D eigenvalue weighted by molar-refractivity contribution is -0.131. The van der Waals surface area contributed by atoms with Crippen LogP contribution in [0.4, 0.5) is 0 Å². The lowest BCUT2D eigenvalue weighted by Gasteiger charge is -2.21. The maximum Gasteiger partial charge on any atom is 0.249 e. The second kappa shape index (κ2) is 35.4. The number of carbonyl (C=O) groups is 1. The molecule has 0 aliphatic rings. The third-order valence-corrected chi connectivity index (χ3v) is 8.71. The Labute approximate surface area is 279 Å². The monoisotopic (exact) mass is 634 g/mol. The molecule has 5 heteroatoms. The molecule has 3 unspecified atom stereocenters. The molecular formula is C40H75NO4. The minimum absolute atomic E-state index is 0.380. The molecule has 0 aliphatic heterocycles. The molecule has 0 radical (unpaired) electrons. The van der Waals surface area contributed by atoms with Gasteiger partial charge in [0.2, 0.25) is 5.91 Å². The highest BCUT2D eigenvalue weighted by atomic mass is 16.3. The van der Waals surface area contributed by atoms with Crippen molar-refractivity contribution >= 4 is 5.91 Å². The fraction of sp³-hybridized carbons (Fsp3) is 0.825. The quantitative estimate of drug-likeness (QED) is 0.0419. The summed E-state index contributed by atoms with van der Waals surface area (Å²) in [7, 11) is 0. The molecule has 3 atom stereocenters. The van der Waals surface area contributed by atoms with Gasteiger partial charge >= 0.3 is 0 Å². The highest BCUT2D eigenvalue weighted by Gasteiger charge is 2.22. The van der Waals surface area contributed by atoms with Gasteiger partial charge in [0, 0.05) is 0 Å². The van der Waals surface area contributed by atoms with Crippen molar-refractivity contribution in [3.8, 4) is 0 Å². The van der Waals surface area contributed by atoms with Crippen LogP contribution in [0.5, 0.6) is 0 Å². The number of hydrogen-bond donors (Lipinski definition) is 4. The van der Waals surface area contributed by atoms with Gasteiger partial charge in [-0.05, 0) is 44.9 Å². The Balaban J connectivity index is 3.76. The number of hydrogen-bond acceptors (Lipinski definition) is 4. The van der Waals surface area contributed by atoms with E-state index in [1.807, 2.05) is 6.08 Å². The maximum absolute atomic E-state index is 12.3. The largest absolute Gasteiger partial charge is 0.394 e. The van der Waals surface area contributed by atoms with Gasteiger partial charge in [-0.1, -0.05) is 179 Å². The summed E-state index contributed by atoms with van der Waals surface area (Å²) >= 11 is 0. The number of carbonyl (C=O) groups excluding carboxylic acids is 1. The Morgan fingerprint density at radius 2 is 0.911 bits per heavy atom. The fourth-order valence-corrected chi connectivity index (χ4v) is 5.63. The van der Waals surface area contributed by atoms with Gasteiger partial charge in [0.15, 0.2) is 0 Å². The smallest absolute Gasteiger partial charge is 0.249 e. The predicted octanol–water partition coefficient (Wildman–Crippen LogP) is 10.4. The first kappa shape index (κ1) is 43.6. The Morgan fingerprint density at radius 3 is 1.36 bits per heavy atom. The summed E-state index contributed by atoms with van der Waals surface area (Å²) in [6.07, 6.45) is 43.2. The fourth-order valence-electron chi connectivity index (χ4n) is 5.63. The van der Waals surface area contributed by atoms with Gasteiger partial charge in [-0.2, -0.15) is 0 Å². The van der Waals surface area contributed by atoms with E-state index in [0.717, 1.165) is 44.9 Å². The third-order valence-electron chi connectivity index (χ3n) is 8.71. The van der Waals surface area contributed by atoms with Crippen LogP contribution in [0, 0.1) is 0 Å². The van der Waals surface area contributed by atoms with Crippen molar-refractivity contribution in [1.29, 1.82) is 0 Å². The molecule has 0 spiro atoms. The molecule has 45 heavy (non-hydrogen) atoms. The lowest BCUT2D eigenvalue weighted by Crippen LogP contribution is -2.48. The van der Waals surface area contributed by atoms with Gasteiger partial charge in [0.1, 0.15) is 6.10 Å².